The van der Waals surface area contributed by atoms with Crippen molar-refractivity contribution in [2.24, 2.45) is 0 Å². The summed E-state index contributed by atoms with van der Waals surface area (Å²) in [6.45, 7) is 4.32. The van der Waals surface area contributed by atoms with Crippen molar-refractivity contribution >= 4 is 0 Å². The molecular weight excluding hydrogens is 342 g/mol. The fourth-order valence-electron chi connectivity index (χ4n) is 2.68. The third-order valence-corrected chi connectivity index (χ3v) is 3.56. The molecule has 0 spiro atoms. The number of hydrogen-bond acceptors (Lipinski definition) is 4. The summed E-state index contributed by atoms with van der Waals surface area (Å²) in [5, 5.41) is 0. The number of para-hydroxylation sites is 1. The third kappa shape index (κ3) is 5.94. The van der Waals surface area contributed by atoms with Crippen LogP contribution in [0.1, 0.15) is 11.4 Å². The number of aryl methyl sites for hydroxylation is 2. The molecule has 0 saturated carbocycles. The van der Waals surface area contributed by atoms with E-state index in [2.05, 4.69) is 85.1 Å². The Hall–Kier alpha value is -2.28. The van der Waals surface area contributed by atoms with E-state index in [9.17, 15) is 0 Å². The van der Waals surface area contributed by atoms with Crippen LogP contribution >= 0.6 is 0 Å². The van der Waals surface area contributed by atoms with Crippen LogP contribution in [0.15, 0.2) is 72.8 Å². The molecule has 0 radical (unpaired) electrons. The molecular formula is C19H21ClNO4+. The summed E-state index contributed by atoms with van der Waals surface area (Å²) in [6, 6.07) is 25.5. The quantitative estimate of drug-likeness (QED) is 0.601. The molecule has 25 heavy (non-hydrogen) atoms. The standard InChI is InChI=1S/C19H18N.ClH3O4/c1-15-13-18(17-9-5-3-6-10-17)14-16(2)20(15)19-11-7-4-8-12-19;2-1(3,4)5/h3-14H,1-2H3;2-4H/q+1;. The van der Waals surface area contributed by atoms with Crippen LogP contribution in [0, 0.1) is 24.1 Å². The van der Waals surface area contributed by atoms with Crippen molar-refractivity contribution in [2.75, 3.05) is 0 Å². The molecule has 0 aliphatic carbocycles. The Morgan fingerprint density at radius 3 is 1.56 bits per heavy atom. The number of aromatic nitrogens is 1. The van der Waals surface area contributed by atoms with E-state index in [1.165, 1.54) is 28.2 Å². The van der Waals surface area contributed by atoms with E-state index >= 15 is 0 Å². The van der Waals surface area contributed by atoms with Gasteiger partial charge in [0, 0.05) is 38.1 Å². The number of pyridine rings is 1. The van der Waals surface area contributed by atoms with E-state index in [0.717, 1.165) is 0 Å². The molecule has 2 aromatic carbocycles. The molecule has 6 heteroatoms. The molecule has 0 bridgehead atoms. The van der Waals surface area contributed by atoms with E-state index in [1.807, 2.05) is 6.07 Å². The number of rotatable bonds is 2. The van der Waals surface area contributed by atoms with Crippen molar-refractivity contribution < 1.29 is 33.4 Å². The minimum absolute atomic E-state index is 1.21. The average Bonchev–Trinajstić information content (AvgIpc) is 2.54. The first-order valence-electron chi connectivity index (χ1n) is 7.56. The van der Waals surface area contributed by atoms with Crippen molar-refractivity contribution in [2.45, 2.75) is 13.8 Å². The van der Waals surface area contributed by atoms with E-state index < -0.39 is 10.2 Å². The van der Waals surface area contributed by atoms with Gasteiger partial charge in [0.05, 0.1) is 0 Å². The molecule has 0 unspecified atom stereocenters. The molecule has 0 fully saturated rings. The van der Waals surface area contributed by atoms with Crippen LogP contribution in [0.25, 0.3) is 16.8 Å². The van der Waals surface area contributed by atoms with Gasteiger partial charge in [-0.05, 0) is 11.1 Å². The fraction of sp³-hybridized carbons (Fsp3) is 0.105. The third-order valence-electron chi connectivity index (χ3n) is 3.56. The van der Waals surface area contributed by atoms with Crippen molar-refractivity contribution in [3.8, 4) is 16.8 Å². The average molecular weight is 363 g/mol. The van der Waals surface area contributed by atoms with Crippen LogP contribution in [0.2, 0.25) is 0 Å². The molecule has 5 nitrogen and oxygen atoms in total. The SMILES string of the molecule is Cc1cc(-c2ccccc2)cc(C)[n+]1-c1ccccc1.[O-][Cl+](O)(O)O. The topological polar surface area (TPSA) is 87.6 Å². The molecule has 3 aromatic rings. The van der Waals surface area contributed by atoms with Crippen molar-refractivity contribution in [1.29, 1.82) is 0 Å². The normalized spacial score (nSPS) is 11.4. The Morgan fingerprint density at radius 2 is 1.12 bits per heavy atom. The first kappa shape index (κ1) is 19.1. The first-order valence-corrected chi connectivity index (χ1v) is 8.88. The second-order valence-corrected chi connectivity index (χ2v) is 6.37. The summed E-state index contributed by atoms with van der Waals surface area (Å²) in [6.07, 6.45) is 0. The fourth-order valence-corrected chi connectivity index (χ4v) is 2.68. The second kappa shape index (κ2) is 8.20. The maximum absolute atomic E-state index is 8.83. The predicted octanol–water partition coefficient (Wildman–Crippen LogP) is 1.39. The van der Waals surface area contributed by atoms with Crippen LogP contribution in [-0.2, 0) is 0 Å². The first-order chi connectivity index (χ1) is 11.8. The van der Waals surface area contributed by atoms with Gasteiger partial charge in [0.2, 0.25) is 5.69 Å². The Kier molecular flexibility index (Phi) is 6.25. The van der Waals surface area contributed by atoms with E-state index in [0.29, 0.717) is 0 Å². The number of nitrogens with zero attached hydrogens (tertiary/aromatic N) is 1. The van der Waals surface area contributed by atoms with Crippen LogP contribution in [0.3, 0.4) is 0 Å². The molecule has 0 aliphatic rings. The van der Waals surface area contributed by atoms with Gasteiger partial charge < -0.3 is 0 Å². The number of halogens is 1. The minimum atomic E-state index is -4.19. The molecule has 132 valence electrons. The van der Waals surface area contributed by atoms with Crippen LogP contribution in [0.4, 0.5) is 0 Å². The zero-order valence-corrected chi connectivity index (χ0v) is 14.8. The zero-order valence-electron chi connectivity index (χ0n) is 14.0. The van der Waals surface area contributed by atoms with Crippen molar-refractivity contribution in [3.05, 3.63) is 84.2 Å². The van der Waals surface area contributed by atoms with Gasteiger partial charge in [-0.2, -0.15) is 4.57 Å². The molecule has 0 atom stereocenters. The van der Waals surface area contributed by atoms with Gasteiger partial charge in [-0.15, -0.1) is 0 Å². The Bertz CT molecular complexity index is 789. The van der Waals surface area contributed by atoms with Crippen LogP contribution in [-0.4, -0.2) is 14.0 Å². The molecule has 3 N–H and O–H groups in total. The monoisotopic (exact) mass is 362 g/mol. The van der Waals surface area contributed by atoms with Gasteiger partial charge in [0.15, 0.2) is 11.4 Å². The van der Waals surface area contributed by atoms with E-state index in [-0.39, 0.29) is 0 Å². The number of hydrogen-bond donors (Lipinski definition) is 3. The van der Waals surface area contributed by atoms with E-state index in [1.54, 1.807) is 0 Å². The van der Waals surface area contributed by atoms with Gasteiger partial charge in [-0.25, -0.2) is 0 Å². The van der Waals surface area contributed by atoms with Crippen molar-refractivity contribution in [1.82, 2.24) is 0 Å². The van der Waals surface area contributed by atoms with E-state index in [4.69, 9.17) is 18.6 Å². The number of benzene rings is 2. The van der Waals surface area contributed by atoms with Gasteiger partial charge in [0.25, 0.3) is 0 Å². The molecule has 1 aromatic heterocycles. The summed E-state index contributed by atoms with van der Waals surface area (Å²) in [5.41, 5.74) is 6.24. The van der Waals surface area contributed by atoms with Gasteiger partial charge >= 0.3 is 28.9 Å². The Labute approximate surface area is 148 Å². The van der Waals surface area contributed by atoms with Gasteiger partial charge in [-0.3, -0.25) is 0 Å². The van der Waals surface area contributed by atoms with Crippen LogP contribution in [0.5, 0.6) is 0 Å². The summed E-state index contributed by atoms with van der Waals surface area (Å²) in [5.74, 6) is 0. The van der Waals surface area contributed by atoms with Crippen molar-refractivity contribution in [3.63, 3.8) is 0 Å². The molecule has 3 rings (SSSR count). The molecule has 0 aliphatic heterocycles. The summed E-state index contributed by atoms with van der Waals surface area (Å²) in [4.78, 5) is 0. The summed E-state index contributed by atoms with van der Waals surface area (Å²) < 4.78 is 32.5. The van der Waals surface area contributed by atoms with Gasteiger partial charge in [-0.1, -0.05) is 48.5 Å². The summed E-state index contributed by atoms with van der Waals surface area (Å²) in [7, 11) is -4.19. The Balaban J connectivity index is 0.000000399. The van der Waals surface area contributed by atoms with Gasteiger partial charge in [0.1, 0.15) is 0 Å². The predicted molar refractivity (Wildman–Crippen MR) is 89.5 cm³/mol. The summed E-state index contributed by atoms with van der Waals surface area (Å²) >= 11 is 0. The van der Waals surface area contributed by atoms with Crippen LogP contribution < -0.4 is 9.23 Å². The molecule has 0 amide bonds. The second-order valence-electron chi connectivity index (χ2n) is 5.50. The molecule has 1 heterocycles. The maximum atomic E-state index is 8.83. The Morgan fingerprint density at radius 1 is 0.720 bits per heavy atom. The molecule has 0 saturated heterocycles. The zero-order chi connectivity index (χ0) is 18.4.